The fourth-order valence-corrected chi connectivity index (χ4v) is 3.05. The van der Waals surface area contributed by atoms with Crippen LogP contribution < -0.4 is 0 Å². The number of alkyl halides is 3. The van der Waals surface area contributed by atoms with Crippen LogP contribution in [-0.2, 0) is 6.42 Å². The first-order valence-corrected chi connectivity index (χ1v) is 7.66. The molecule has 1 N–H and O–H groups in total. The summed E-state index contributed by atoms with van der Waals surface area (Å²) in [6.45, 7) is 3.38. The van der Waals surface area contributed by atoms with Crippen LogP contribution in [0.25, 0.3) is 0 Å². The first kappa shape index (κ1) is 17.1. The molecule has 1 aromatic heterocycles. The largest absolute Gasteiger partial charge is 0.478 e. The lowest BCUT2D eigenvalue weighted by molar-refractivity contribution is -0.0326. The van der Waals surface area contributed by atoms with E-state index in [2.05, 4.69) is 9.97 Å². The molecule has 0 aliphatic rings. The fourth-order valence-electron chi connectivity index (χ4n) is 1.41. The maximum absolute atomic E-state index is 12.0. The number of aryl methyl sites for hydroxylation is 2. The van der Waals surface area contributed by atoms with Crippen LogP contribution >= 0.6 is 23.5 Å². The van der Waals surface area contributed by atoms with E-state index in [0.717, 1.165) is 11.8 Å². The van der Waals surface area contributed by atoms with E-state index in [-0.39, 0.29) is 33.9 Å². The summed E-state index contributed by atoms with van der Waals surface area (Å²) in [5.74, 6) is -0.712. The van der Waals surface area contributed by atoms with Crippen molar-refractivity contribution in [2.75, 3.05) is 11.5 Å². The first-order chi connectivity index (χ1) is 9.24. The molecule has 0 spiro atoms. The molecule has 1 rings (SSSR count). The van der Waals surface area contributed by atoms with Gasteiger partial charge in [0.05, 0.1) is 5.69 Å². The molecule has 9 heteroatoms. The normalized spacial score (nSPS) is 11.7. The zero-order valence-corrected chi connectivity index (χ0v) is 12.5. The average molecular weight is 326 g/mol. The highest BCUT2D eigenvalue weighted by Crippen LogP contribution is 2.32. The van der Waals surface area contributed by atoms with Crippen LogP contribution in [0, 0.1) is 6.92 Å². The number of thioether (sulfide) groups is 2. The molecule has 1 aromatic rings. The van der Waals surface area contributed by atoms with Crippen LogP contribution in [0.1, 0.15) is 28.8 Å². The summed E-state index contributed by atoms with van der Waals surface area (Å²) in [4.78, 5) is 19.3. The predicted octanol–water partition coefficient (Wildman–Crippen LogP) is 3.39. The molecule has 0 atom stereocenters. The fraction of sp³-hybridized carbons (Fsp3) is 0.545. The van der Waals surface area contributed by atoms with Crippen molar-refractivity contribution in [3.8, 4) is 0 Å². The van der Waals surface area contributed by atoms with Crippen molar-refractivity contribution in [3.05, 3.63) is 17.1 Å². The van der Waals surface area contributed by atoms with Gasteiger partial charge in [-0.15, -0.1) is 11.8 Å². The number of nitrogens with zero attached hydrogens (tertiary/aromatic N) is 2. The van der Waals surface area contributed by atoms with Gasteiger partial charge in [0.25, 0.3) is 0 Å². The lowest BCUT2D eigenvalue weighted by atomic mass is 10.2. The molecule has 1 heterocycles. The Labute approximate surface area is 122 Å². The van der Waals surface area contributed by atoms with E-state index < -0.39 is 11.5 Å². The third kappa shape index (κ3) is 5.20. The second-order valence-corrected chi connectivity index (χ2v) is 5.95. The van der Waals surface area contributed by atoms with Crippen molar-refractivity contribution in [2.24, 2.45) is 0 Å². The molecule has 0 bridgehead atoms. The first-order valence-electron chi connectivity index (χ1n) is 5.69. The Bertz CT molecular complexity index is 495. The number of carboxylic acid groups (broad SMARTS) is 1. The van der Waals surface area contributed by atoms with Crippen LogP contribution in [0.3, 0.4) is 0 Å². The van der Waals surface area contributed by atoms with Gasteiger partial charge >= 0.3 is 11.5 Å². The molecule has 0 aliphatic heterocycles. The molecular weight excluding hydrogens is 313 g/mol. The van der Waals surface area contributed by atoms with Gasteiger partial charge in [0.2, 0.25) is 0 Å². The maximum Gasteiger partial charge on any atom is 0.441 e. The average Bonchev–Trinajstić information content (AvgIpc) is 2.32. The van der Waals surface area contributed by atoms with Gasteiger partial charge in [-0.1, -0.05) is 18.7 Å². The predicted molar refractivity (Wildman–Crippen MR) is 72.3 cm³/mol. The molecule has 0 fully saturated rings. The van der Waals surface area contributed by atoms with E-state index in [1.807, 2.05) is 6.92 Å². The highest BCUT2D eigenvalue weighted by atomic mass is 32.2. The third-order valence-electron chi connectivity index (χ3n) is 2.22. The molecule has 0 aromatic carbocycles. The molecule has 0 aliphatic carbocycles. The number of carbonyl (C=O) groups is 1. The minimum absolute atomic E-state index is 0.0378. The van der Waals surface area contributed by atoms with E-state index in [4.69, 9.17) is 5.11 Å². The van der Waals surface area contributed by atoms with Crippen molar-refractivity contribution in [2.45, 2.75) is 30.8 Å². The zero-order chi connectivity index (χ0) is 15.3. The molecule has 0 radical (unpaired) electrons. The Morgan fingerprint density at radius 2 is 1.95 bits per heavy atom. The van der Waals surface area contributed by atoms with Gasteiger partial charge in [-0.05, 0) is 6.92 Å². The smallest absolute Gasteiger partial charge is 0.441 e. The van der Waals surface area contributed by atoms with Gasteiger partial charge in [-0.2, -0.15) is 13.2 Å². The van der Waals surface area contributed by atoms with E-state index >= 15 is 0 Å². The van der Waals surface area contributed by atoms with Crippen LogP contribution in [-0.4, -0.2) is 38.1 Å². The summed E-state index contributed by atoms with van der Waals surface area (Å²) in [5, 5.41) is 9.34. The van der Waals surface area contributed by atoms with Gasteiger partial charge in [0, 0.05) is 17.9 Å². The number of hydrogen-bond donors (Lipinski definition) is 1. The lowest BCUT2D eigenvalue weighted by Crippen LogP contribution is -2.10. The van der Waals surface area contributed by atoms with Crippen molar-refractivity contribution < 1.29 is 23.1 Å². The molecule has 0 saturated carbocycles. The van der Waals surface area contributed by atoms with Crippen LogP contribution in [0.2, 0.25) is 0 Å². The zero-order valence-electron chi connectivity index (χ0n) is 10.8. The quantitative estimate of drug-likeness (QED) is 0.491. The molecule has 112 valence electrons. The number of halogens is 3. The highest BCUT2D eigenvalue weighted by Gasteiger charge is 2.27. The molecular formula is C11H13F3N2O2S2. The van der Waals surface area contributed by atoms with Crippen LogP contribution in [0.15, 0.2) is 5.03 Å². The van der Waals surface area contributed by atoms with Gasteiger partial charge in [-0.25, -0.2) is 14.8 Å². The van der Waals surface area contributed by atoms with E-state index in [1.54, 1.807) is 6.92 Å². The van der Waals surface area contributed by atoms with Crippen molar-refractivity contribution >= 4 is 29.5 Å². The monoisotopic (exact) mass is 326 g/mol. The van der Waals surface area contributed by atoms with Gasteiger partial charge < -0.3 is 5.11 Å². The van der Waals surface area contributed by atoms with Crippen molar-refractivity contribution in [3.63, 3.8) is 0 Å². The molecule has 0 saturated heterocycles. The minimum atomic E-state index is -4.27. The van der Waals surface area contributed by atoms with Crippen molar-refractivity contribution in [1.29, 1.82) is 0 Å². The summed E-state index contributed by atoms with van der Waals surface area (Å²) in [6.07, 6.45) is 0.533. The minimum Gasteiger partial charge on any atom is -0.478 e. The molecule has 0 amide bonds. The topological polar surface area (TPSA) is 63.1 Å². The maximum atomic E-state index is 12.0. The second kappa shape index (κ2) is 7.16. The summed E-state index contributed by atoms with van der Waals surface area (Å²) in [5.41, 5.74) is -3.98. The van der Waals surface area contributed by atoms with Crippen molar-refractivity contribution in [1.82, 2.24) is 9.97 Å². The van der Waals surface area contributed by atoms with E-state index in [9.17, 15) is 18.0 Å². The lowest BCUT2D eigenvalue weighted by Gasteiger charge is -2.10. The SMILES string of the molecule is CCc1nc(C)c(C(=O)O)c(SCCSC(F)(F)F)n1. The summed E-state index contributed by atoms with van der Waals surface area (Å²) < 4.78 is 36.0. The highest BCUT2D eigenvalue weighted by molar-refractivity contribution is 8.03. The third-order valence-corrected chi connectivity index (χ3v) is 4.19. The Hall–Kier alpha value is -0.960. The van der Waals surface area contributed by atoms with Crippen LogP contribution in [0.4, 0.5) is 13.2 Å². The summed E-state index contributed by atoms with van der Waals surface area (Å²) in [7, 11) is 0. The summed E-state index contributed by atoms with van der Waals surface area (Å²) >= 11 is 0.877. The van der Waals surface area contributed by atoms with Crippen LogP contribution in [0.5, 0.6) is 0 Å². The number of carboxylic acids is 1. The number of rotatable bonds is 6. The van der Waals surface area contributed by atoms with Gasteiger partial charge in [0.15, 0.2) is 0 Å². The Balaban J connectivity index is 2.82. The Kier molecular flexibility index (Phi) is 6.12. The van der Waals surface area contributed by atoms with Gasteiger partial charge in [0.1, 0.15) is 16.4 Å². The Morgan fingerprint density at radius 1 is 1.30 bits per heavy atom. The standard InChI is InChI=1S/C11H13F3N2O2S2/c1-3-7-15-6(2)8(10(17)18)9(16-7)19-4-5-20-11(12,13)14/h3-5H2,1-2H3,(H,17,18). The molecule has 4 nitrogen and oxygen atoms in total. The number of aromatic carboxylic acids is 1. The van der Waals surface area contributed by atoms with E-state index in [0.29, 0.717) is 17.9 Å². The Morgan fingerprint density at radius 3 is 2.45 bits per heavy atom. The van der Waals surface area contributed by atoms with Gasteiger partial charge in [-0.3, -0.25) is 0 Å². The molecule has 0 unspecified atom stereocenters. The summed E-state index contributed by atoms with van der Waals surface area (Å²) in [6, 6.07) is 0. The van der Waals surface area contributed by atoms with E-state index in [1.165, 1.54) is 0 Å². The number of hydrogen-bond acceptors (Lipinski definition) is 5. The molecule has 20 heavy (non-hydrogen) atoms. The number of aromatic nitrogens is 2. The second-order valence-electron chi connectivity index (χ2n) is 3.71.